The minimum atomic E-state index is -0.942. The molecule has 0 heterocycles. The number of benzene rings is 1. The standard InChI is InChI=1S/C12H17NO4/c14-8-1-6-13-7-9-17-11-4-2-10(3-5-11)12(15)16/h2-5,13-14H,1,6-9H2,(H,15,16). The number of nitrogens with one attached hydrogen (secondary N) is 1. The second-order valence-corrected chi connectivity index (χ2v) is 3.51. The van der Waals surface area contributed by atoms with Gasteiger partial charge >= 0.3 is 5.97 Å². The number of carboxylic acids is 1. The van der Waals surface area contributed by atoms with Gasteiger partial charge in [0.05, 0.1) is 5.56 Å². The lowest BCUT2D eigenvalue weighted by molar-refractivity contribution is 0.0697. The van der Waals surface area contributed by atoms with E-state index in [1.165, 1.54) is 12.1 Å². The molecule has 0 aliphatic rings. The second-order valence-electron chi connectivity index (χ2n) is 3.51. The summed E-state index contributed by atoms with van der Waals surface area (Å²) in [5, 5.41) is 20.4. The summed E-state index contributed by atoms with van der Waals surface area (Å²) >= 11 is 0. The molecule has 3 N–H and O–H groups in total. The van der Waals surface area contributed by atoms with E-state index in [4.69, 9.17) is 14.9 Å². The summed E-state index contributed by atoms with van der Waals surface area (Å²) in [6.07, 6.45) is 0.729. The maximum atomic E-state index is 10.6. The van der Waals surface area contributed by atoms with Crippen molar-refractivity contribution in [1.82, 2.24) is 5.32 Å². The van der Waals surface area contributed by atoms with E-state index >= 15 is 0 Å². The van der Waals surface area contributed by atoms with Gasteiger partial charge in [0.1, 0.15) is 12.4 Å². The third-order valence-corrected chi connectivity index (χ3v) is 2.16. The van der Waals surface area contributed by atoms with Gasteiger partial charge in [0, 0.05) is 13.2 Å². The number of rotatable bonds is 8. The number of carboxylic acid groups (broad SMARTS) is 1. The van der Waals surface area contributed by atoms with Crippen molar-refractivity contribution < 1.29 is 19.7 Å². The fourth-order valence-electron chi connectivity index (χ4n) is 1.26. The molecule has 0 saturated heterocycles. The first-order valence-electron chi connectivity index (χ1n) is 5.52. The number of ether oxygens (including phenoxy) is 1. The monoisotopic (exact) mass is 239 g/mol. The van der Waals surface area contributed by atoms with Gasteiger partial charge in [0.15, 0.2) is 0 Å². The van der Waals surface area contributed by atoms with Crippen LogP contribution < -0.4 is 10.1 Å². The van der Waals surface area contributed by atoms with Gasteiger partial charge in [-0.3, -0.25) is 0 Å². The molecule has 0 unspecified atom stereocenters. The Labute approximate surface area is 100 Å². The van der Waals surface area contributed by atoms with Crippen LogP contribution in [0.3, 0.4) is 0 Å². The van der Waals surface area contributed by atoms with Crippen LogP contribution in [0.1, 0.15) is 16.8 Å². The van der Waals surface area contributed by atoms with Gasteiger partial charge in [0.2, 0.25) is 0 Å². The SMILES string of the molecule is O=C(O)c1ccc(OCCNCCCO)cc1. The fourth-order valence-corrected chi connectivity index (χ4v) is 1.26. The van der Waals surface area contributed by atoms with Gasteiger partial charge in [-0.05, 0) is 37.2 Å². The Kier molecular flexibility index (Phi) is 6.06. The van der Waals surface area contributed by atoms with E-state index in [1.54, 1.807) is 12.1 Å². The van der Waals surface area contributed by atoms with Crippen molar-refractivity contribution in [3.8, 4) is 5.75 Å². The van der Waals surface area contributed by atoms with Crippen molar-refractivity contribution in [2.45, 2.75) is 6.42 Å². The van der Waals surface area contributed by atoms with E-state index in [1.807, 2.05) is 0 Å². The minimum absolute atomic E-state index is 0.185. The summed E-state index contributed by atoms with van der Waals surface area (Å²) in [6, 6.07) is 6.29. The van der Waals surface area contributed by atoms with E-state index < -0.39 is 5.97 Å². The number of hydrogen-bond donors (Lipinski definition) is 3. The smallest absolute Gasteiger partial charge is 0.335 e. The van der Waals surface area contributed by atoms with E-state index in [0.29, 0.717) is 18.9 Å². The molecule has 5 heteroatoms. The molecule has 1 aromatic carbocycles. The first kappa shape index (κ1) is 13.5. The molecule has 1 rings (SSSR count). The molecule has 0 aliphatic heterocycles. The van der Waals surface area contributed by atoms with Crippen molar-refractivity contribution in [3.63, 3.8) is 0 Å². The maximum Gasteiger partial charge on any atom is 0.335 e. The number of hydrogen-bond acceptors (Lipinski definition) is 4. The number of aliphatic hydroxyl groups is 1. The van der Waals surface area contributed by atoms with Crippen molar-refractivity contribution in [2.24, 2.45) is 0 Å². The van der Waals surface area contributed by atoms with Crippen molar-refractivity contribution >= 4 is 5.97 Å². The summed E-state index contributed by atoms with van der Waals surface area (Å²) in [5.41, 5.74) is 0.249. The minimum Gasteiger partial charge on any atom is -0.492 e. The highest BCUT2D eigenvalue weighted by Gasteiger charge is 2.01. The van der Waals surface area contributed by atoms with Crippen molar-refractivity contribution in [2.75, 3.05) is 26.3 Å². The summed E-state index contributed by atoms with van der Waals surface area (Å²) in [6.45, 7) is 2.15. The lowest BCUT2D eigenvalue weighted by Crippen LogP contribution is -2.22. The Balaban J connectivity index is 2.21. The van der Waals surface area contributed by atoms with E-state index in [-0.39, 0.29) is 12.2 Å². The number of aromatic carboxylic acids is 1. The molecular formula is C12H17NO4. The van der Waals surface area contributed by atoms with E-state index in [9.17, 15) is 4.79 Å². The highest BCUT2D eigenvalue weighted by molar-refractivity contribution is 5.87. The Bertz CT molecular complexity index is 337. The molecule has 0 spiro atoms. The highest BCUT2D eigenvalue weighted by atomic mass is 16.5. The predicted octanol–water partition coefficient (Wildman–Crippen LogP) is 0.736. The van der Waals surface area contributed by atoms with Crippen LogP contribution in [0, 0.1) is 0 Å². The summed E-state index contributed by atoms with van der Waals surface area (Å²) in [5.74, 6) is -0.291. The maximum absolute atomic E-state index is 10.6. The van der Waals surface area contributed by atoms with Gasteiger partial charge in [-0.1, -0.05) is 0 Å². The predicted molar refractivity (Wildman–Crippen MR) is 63.5 cm³/mol. The van der Waals surface area contributed by atoms with Gasteiger partial charge in [-0.15, -0.1) is 0 Å². The van der Waals surface area contributed by atoms with Crippen LogP contribution in [-0.2, 0) is 0 Å². The molecule has 5 nitrogen and oxygen atoms in total. The first-order chi connectivity index (χ1) is 8.24. The van der Waals surface area contributed by atoms with Gasteiger partial charge < -0.3 is 20.3 Å². The Morgan fingerprint density at radius 3 is 2.53 bits per heavy atom. The van der Waals surface area contributed by atoms with Crippen LogP contribution in [0.25, 0.3) is 0 Å². The van der Waals surface area contributed by atoms with E-state index in [2.05, 4.69) is 5.32 Å². The van der Waals surface area contributed by atoms with Gasteiger partial charge in [0.25, 0.3) is 0 Å². The van der Waals surface area contributed by atoms with E-state index in [0.717, 1.165) is 13.0 Å². The molecule has 0 amide bonds. The third-order valence-electron chi connectivity index (χ3n) is 2.16. The molecular weight excluding hydrogens is 222 g/mol. The van der Waals surface area contributed by atoms with Crippen LogP contribution in [0.5, 0.6) is 5.75 Å². The number of carbonyl (C=O) groups is 1. The normalized spacial score (nSPS) is 10.2. The third kappa shape index (κ3) is 5.33. The van der Waals surface area contributed by atoms with Crippen LogP contribution in [0.15, 0.2) is 24.3 Å². The fraction of sp³-hybridized carbons (Fsp3) is 0.417. The van der Waals surface area contributed by atoms with Crippen LogP contribution in [-0.4, -0.2) is 42.5 Å². The molecule has 0 aliphatic carbocycles. The largest absolute Gasteiger partial charge is 0.492 e. The van der Waals surface area contributed by atoms with Gasteiger partial charge in [-0.2, -0.15) is 0 Å². The van der Waals surface area contributed by atoms with Crippen LogP contribution in [0.4, 0.5) is 0 Å². The zero-order valence-corrected chi connectivity index (χ0v) is 9.56. The molecule has 0 radical (unpaired) electrons. The summed E-state index contributed by atoms with van der Waals surface area (Å²) < 4.78 is 5.40. The Morgan fingerprint density at radius 2 is 1.94 bits per heavy atom. The number of aliphatic hydroxyl groups excluding tert-OH is 1. The first-order valence-corrected chi connectivity index (χ1v) is 5.52. The molecule has 0 aromatic heterocycles. The second kappa shape index (κ2) is 7.65. The Morgan fingerprint density at radius 1 is 1.24 bits per heavy atom. The molecule has 0 saturated carbocycles. The molecule has 0 atom stereocenters. The molecule has 0 bridgehead atoms. The molecule has 0 fully saturated rings. The van der Waals surface area contributed by atoms with Crippen molar-refractivity contribution in [3.05, 3.63) is 29.8 Å². The average Bonchev–Trinajstić information content (AvgIpc) is 2.34. The topological polar surface area (TPSA) is 78.8 Å². The average molecular weight is 239 g/mol. The quantitative estimate of drug-likeness (QED) is 0.583. The van der Waals surface area contributed by atoms with Crippen LogP contribution in [0.2, 0.25) is 0 Å². The zero-order chi connectivity index (χ0) is 12.5. The van der Waals surface area contributed by atoms with Crippen LogP contribution >= 0.6 is 0 Å². The Hall–Kier alpha value is -1.59. The summed E-state index contributed by atoms with van der Waals surface area (Å²) in [4.78, 5) is 10.6. The zero-order valence-electron chi connectivity index (χ0n) is 9.56. The summed E-state index contributed by atoms with van der Waals surface area (Å²) in [7, 11) is 0. The molecule has 1 aromatic rings. The lowest BCUT2D eigenvalue weighted by Gasteiger charge is -2.07. The lowest BCUT2D eigenvalue weighted by atomic mass is 10.2. The molecule has 94 valence electrons. The highest BCUT2D eigenvalue weighted by Crippen LogP contribution is 2.11. The van der Waals surface area contributed by atoms with Gasteiger partial charge in [-0.25, -0.2) is 4.79 Å². The molecule has 17 heavy (non-hydrogen) atoms. The van der Waals surface area contributed by atoms with Crippen molar-refractivity contribution in [1.29, 1.82) is 0 Å².